The van der Waals surface area contributed by atoms with Crippen LogP contribution in [0.2, 0.25) is 0 Å². The van der Waals surface area contributed by atoms with Crippen LogP contribution in [0, 0.1) is 11.8 Å². The summed E-state index contributed by atoms with van der Waals surface area (Å²) in [5.74, 6) is 1.80. The van der Waals surface area contributed by atoms with Crippen LogP contribution in [-0.2, 0) is 13.1 Å². The van der Waals surface area contributed by atoms with Crippen LogP contribution in [0.15, 0.2) is 12.5 Å². The van der Waals surface area contributed by atoms with E-state index in [1.165, 1.54) is 12.1 Å². The highest BCUT2D eigenvalue weighted by atomic mass is 15.1. The molecule has 84 valence electrons. The van der Waals surface area contributed by atoms with Gasteiger partial charge in [-0.2, -0.15) is 0 Å². The molecular weight excluding hydrogens is 186 g/mol. The number of aromatic nitrogens is 2. The molecule has 1 aromatic heterocycles. The molecular formula is C12H21N3. The lowest BCUT2D eigenvalue weighted by atomic mass is 10.3. The third kappa shape index (κ3) is 2.81. The van der Waals surface area contributed by atoms with Gasteiger partial charge in [-0.05, 0) is 18.3 Å². The van der Waals surface area contributed by atoms with E-state index in [9.17, 15) is 0 Å². The molecule has 0 spiro atoms. The third-order valence-electron chi connectivity index (χ3n) is 3.20. The quantitative estimate of drug-likeness (QED) is 0.800. The van der Waals surface area contributed by atoms with Gasteiger partial charge in [-0.15, -0.1) is 0 Å². The largest absolute Gasteiger partial charge is 0.333 e. The second kappa shape index (κ2) is 4.35. The van der Waals surface area contributed by atoms with Gasteiger partial charge in [0.15, 0.2) is 0 Å². The molecule has 3 nitrogen and oxygen atoms in total. The Morgan fingerprint density at radius 3 is 2.93 bits per heavy atom. The van der Waals surface area contributed by atoms with Gasteiger partial charge in [0, 0.05) is 25.3 Å². The molecule has 0 saturated heterocycles. The Balaban J connectivity index is 1.90. The normalized spacial score (nSPS) is 24.8. The van der Waals surface area contributed by atoms with Crippen molar-refractivity contribution in [2.24, 2.45) is 11.8 Å². The fourth-order valence-electron chi connectivity index (χ4n) is 1.87. The predicted octanol–water partition coefficient (Wildman–Crippen LogP) is 2.04. The summed E-state index contributed by atoms with van der Waals surface area (Å²) in [6.07, 6.45) is 5.32. The maximum Gasteiger partial charge on any atom is 0.0948 e. The topological polar surface area (TPSA) is 29.9 Å². The Morgan fingerprint density at radius 1 is 1.60 bits per heavy atom. The molecule has 1 aromatic rings. The van der Waals surface area contributed by atoms with E-state index < -0.39 is 0 Å². The molecule has 2 unspecified atom stereocenters. The maximum absolute atomic E-state index is 4.23. The van der Waals surface area contributed by atoms with Crippen molar-refractivity contribution in [2.75, 3.05) is 0 Å². The molecule has 0 aliphatic heterocycles. The zero-order valence-electron chi connectivity index (χ0n) is 9.90. The Labute approximate surface area is 91.9 Å². The van der Waals surface area contributed by atoms with E-state index in [2.05, 4.69) is 35.6 Å². The van der Waals surface area contributed by atoms with Crippen molar-refractivity contribution in [1.82, 2.24) is 14.9 Å². The van der Waals surface area contributed by atoms with Gasteiger partial charge in [0.25, 0.3) is 0 Å². The molecule has 1 heterocycles. The Kier molecular flexibility index (Phi) is 3.10. The van der Waals surface area contributed by atoms with Crippen molar-refractivity contribution in [3.63, 3.8) is 0 Å². The Bertz CT molecular complexity index is 316. The van der Waals surface area contributed by atoms with Crippen LogP contribution in [0.1, 0.15) is 32.9 Å². The molecule has 1 aliphatic rings. The molecule has 1 saturated carbocycles. The van der Waals surface area contributed by atoms with Crippen LogP contribution in [0.5, 0.6) is 0 Å². The lowest BCUT2D eigenvalue weighted by Gasteiger charge is -2.10. The van der Waals surface area contributed by atoms with Crippen molar-refractivity contribution < 1.29 is 0 Å². The van der Waals surface area contributed by atoms with E-state index in [0.29, 0.717) is 6.04 Å². The lowest BCUT2D eigenvalue weighted by Crippen LogP contribution is -2.23. The van der Waals surface area contributed by atoms with Crippen molar-refractivity contribution in [3.8, 4) is 0 Å². The summed E-state index contributed by atoms with van der Waals surface area (Å²) in [6, 6.07) is 0.535. The highest BCUT2D eigenvalue weighted by Crippen LogP contribution is 2.39. The molecule has 1 N–H and O–H groups in total. The summed E-state index contributed by atoms with van der Waals surface area (Å²) >= 11 is 0. The first-order valence-corrected chi connectivity index (χ1v) is 5.89. The average molecular weight is 207 g/mol. The second-order valence-corrected chi connectivity index (χ2v) is 5.05. The predicted molar refractivity (Wildman–Crippen MR) is 61.5 cm³/mol. The van der Waals surface area contributed by atoms with Crippen LogP contribution in [0.25, 0.3) is 0 Å². The van der Waals surface area contributed by atoms with E-state index in [1.54, 1.807) is 0 Å². The van der Waals surface area contributed by atoms with Gasteiger partial charge in [-0.3, -0.25) is 0 Å². The fraction of sp³-hybridized carbons (Fsp3) is 0.750. The number of hydrogen-bond donors (Lipinski definition) is 1. The number of nitrogens with zero attached hydrogens (tertiary/aromatic N) is 2. The van der Waals surface area contributed by atoms with E-state index in [4.69, 9.17) is 0 Å². The van der Waals surface area contributed by atoms with E-state index >= 15 is 0 Å². The molecule has 1 aliphatic carbocycles. The molecule has 2 rings (SSSR count). The number of rotatable bonds is 5. The number of imidazole rings is 1. The van der Waals surface area contributed by atoms with Crippen LogP contribution in [-0.4, -0.2) is 15.6 Å². The minimum absolute atomic E-state index is 0.535. The smallest absolute Gasteiger partial charge is 0.0948 e. The molecule has 0 bridgehead atoms. The SMILES string of the molecule is CC(C)NCc1cncn1CC1CC1C. The first-order valence-electron chi connectivity index (χ1n) is 5.89. The van der Waals surface area contributed by atoms with Crippen molar-refractivity contribution in [2.45, 2.75) is 46.3 Å². The number of hydrogen-bond acceptors (Lipinski definition) is 2. The summed E-state index contributed by atoms with van der Waals surface area (Å²) in [6.45, 7) is 8.75. The molecule has 2 atom stereocenters. The van der Waals surface area contributed by atoms with Gasteiger partial charge < -0.3 is 9.88 Å². The highest BCUT2D eigenvalue weighted by molar-refractivity contribution is 4.99. The Hall–Kier alpha value is -0.830. The minimum atomic E-state index is 0.535. The van der Waals surface area contributed by atoms with E-state index in [1.807, 2.05) is 12.5 Å². The zero-order valence-corrected chi connectivity index (χ0v) is 9.90. The molecule has 0 aromatic carbocycles. The van der Waals surface area contributed by atoms with E-state index in [-0.39, 0.29) is 0 Å². The van der Waals surface area contributed by atoms with Gasteiger partial charge in [0.2, 0.25) is 0 Å². The minimum Gasteiger partial charge on any atom is -0.333 e. The zero-order chi connectivity index (χ0) is 10.8. The van der Waals surface area contributed by atoms with Crippen LogP contribution in [0.3, 0.4) is 0 Å². The fourth-order valence-corrected chi connectivity index (χ4v) is 1.87. The average Bonchev–Trinajstić information content (AvgIpc) is 2.71. The molecule has 1 fully saturated rings. The summed E-state index contributed by atoms with van der Waals surface area (Å²) in [5.41, 5.74) is 1.31. The van der Waals surface area contributed by atoms with Gasteiger partial charge in [0.1, 0.15) is 0 Å². The summed E-state index contributed by atoms with van der Waals surface area (Å²) in [7, 11) is 0. The lowest BCUT2D eigenvalue weighted by molar-refractivity contribution is 0.530. The standard InChI is InChI=1S/C12H21N3/c1-9(2)14-6-12-5-13-8-15(12)7-11-4-10(11)3/h5,8-11,14H,4,6-7H2,1-3H3. The van der Waals surface area contributed by atoms with Crippen LogP contribution in [0.4, 0.5) is 0 Å². The third-order valence-corrected chi connectivity index (χ3v) is 3.20. The van der Waals surface area contributed by atoms with Gasteiger partial charge in [-0.1, -0.05) is 20.8 Å². The summed E-state index contributed by atoms with van der Waals surface area (Å²) < 4.78 is 2.30. The molecule has 15 heavy (non-hydrogen) atoms. The van der Waals surface area contributed by atoms with E-state index in [0.717, 1.165) is 24.9 Å². The van der Waals surface area contributed by atoms with Gasteiger partial charge >= 0.3 is 0 Å². The first-order chi connectivity index (χ1) is 7.16. The highest BCUT2D eigenvalue weighted by Gasteiger charge is 2.32. The first kappa shape index (κ1) is 10.7. The van der Waals surface area contributed by atoms with Crippen LogP contribution < -0.4 is 5.32 Å². The number of nitrogens with one attached hydrogen (secondary N) is 1. The van der Waals surface area contributed by atoms with Crippen LogP contribution >= 0.6 is 0 Å². The van der Waals surface area contributed by atoms with Crippen molar-refractivity contribution >= 4 is 0 Å². The maximum atomic E-state index is 4.23. The summed E-state index contributed by atoms with van der Waals surface area (Å²) in [4.78, 5) is 4.23. The molecule has 0 amide bonds. The van der Waals surface area contributed by atoms with Gasteiger partial charge in [-0.25, -0.2) is 4.98 Å². The van der Waals surface area contributed by atoms with Crippen molar-refractivity contribution in [3.05, 3.63) is 18.2 Å². The second-order valence-electron chi connectivity index (χ2n) is 5.05. The summed E-state index contributed by atoms with van der Waals surface area (Å²) in [5, 5.41) is 3.43. The van der Waals surface area contributed by atoms with Gasteiger partial charge in [0.05, 0.1) is 12.0 Å². The Morgan fingerprint density at radius 2 is 2.33 bits per heavy atom. The molecule has 3 heteroatoms. The monoisotopic (exact) mass is 207 g/mol. The molecule has 0 radical (unpaired) electrons. The van der Waals surface area contributed by atoms with Crippen molar-refractivity contribution in [1.29, 1.82) is 0 Å².